The van der Waals surface area contributed by atoms with Gasteiger partial charge in [0.25, 0.3) is 11.9 Å². The molecule has 0 aliphatic carbocycles. The molecule has 1 amide bonds. The van der Waals surface area contributed by atoms with Crippen LogP contribution in [0.5, 0.6) is 5.75 Å². The van der Waals surface area contributed by atoms with E-state index < -0.39 is 0 Å². The van der Waals surface area contributed by atoms with Crippen molar-refractivity contribution in [3.8, 4) is 5.75 Å². The molecule has 22 heavy (non-hydrogen) atoms. The van der Waals surface area contributed by atoms with Crippen molar-refractivity contribution in [1.82, 2.24) is 30.2 Å². The number of H-pyrrole nitrogens is 1. The first-order chi connectivity index (χ1) is 10.8. The van der Waals surface area contributed by atoms with Gasteiger partial charge in [0.15, 0.2) is 6.61 Å². The fourth-order valence-corrected chi connectivity index (χ4v) is 1.81. The maximum Gasteiger partial charge on any atom is 0.269 e. The van der Waals surface area contributed by atoms with Crippen molar-refractivity contribution in [2.24, 2.45) is 0 Å². The maximum atomic E-state index is 11.6. The van der Waals surface area contributed by atoms with Crippen LogP contribution in [0.4, 0.5) is 5.95 Å². The number of ether oxygens (including phenoxy) is 1. The Hall–Kier alpha value is -3.23. The van der Waals surface area contributed by atoms with Crippen LogP contribution < -0.4 is 10.1 Å². The van der Waals surface area contributed by atoms with Gasteiger partial charge in [0.1, 0.15) is 5.75 Å². The molecule has 2 aromatic heterocycles. The summed E-state index contributed by atoms with van der Waals surface area (Å²) in [6.07, 6.45) is 5.39. The Morgan fingerprint density at radius 1 is 1.32 bits per heavy atom. The number of rotatable bonds is 6. The predicted molar refractivity (Wildman–Crippen MR) is 76.1 cm³/mol. The number of hydrogen-bond acceptors (Lipinski definition) is 6. The molecule has 0 saturated carbocycles. The number of aromatic nitrogens is 6. The Morgan fingerprint density at radius 3 is 2.86 bits per heavy atom. The molecular formula is C13H13N7O2. The van der Waals surface area contributed by atoms with Gasteiger partial charge in [-0.2, -0.15) is 5.21 Å². The number of nitrogens with one attached hydrogen (secondary N) is 2. The van der Waals surface area contributed by atoms with Crippen molar-refractivity contribution in [2.75, 3.05) is 11.9 Å². The van der Waals surface area contributed by atoms with Crippen LogP contribution in [-0.4, -0.2) is 42.7 Å². The second-order valence-electron chi connectivity index (χ2n) is 4.45. The van der Waals surface area contributed by atoms with Crippen molar-refractivity contribution < 1.29 is 9.53 Å². The summed E-state index contributed by atoms with van der Waals surface area (Å²) in [6.45, 7) is 0.605. The molecule has 0 aliphatic heterocycles. The number of anilines is 1. The number of hydrogen-bond donors (Lipinski definition) is 2. The van der Waals surface area contributed by atoms with Crippen LogP contribution in [0.2, 0.25) is 0 Å². The highest BCUT2D eigenvalue weighted by Crippen LogP contribution is 2.13. The Kier molecular flexibility index (Phi) is 4.05. The summed E-state index contributed by atoms with van der Waals surface area (Å²) >= 11 is 0. The molecular weight excluding hydrogens is 286 g/mol. The van der Waals surface area contributed by atoms with E-state index in [0.717, 1.165) is 12.1 Å². The van der Waals surface area contributed by atoms with Gasteiger partial charge >= 0.3 is 0 Å². The van der Waals surface area contributed by atoms with E-state index in [1.54, 1.807) is 12.5 Å². The minimum absolute atomic E-state index is 0.115. The number of nitrogens with zero attached hydrogens (tertiary/aromatic N) is 5. The molecule has 3 aromatic rings. The lowest BCUT2D eigenvalue weighted by molar-refractivity contribution is -0.118. The van der Waals surface area contributed by atoms with E-state index in [2.05, 4.69) is 30.9 Å². The highest BCUT2D eigenvalue weighted by Gasteiger charge is 2.06. The van der Waals surface area contributed by atoms with E-state index in [9.17, 15) is 4.79 Å². The SMILES string of the molecule is O=C(COc1ccc(Cn2ccnc2)cc1)Nc1nn[nH]n1. The third-order valence-corrected chi connectivity index (χ3v) is 2.81. The number of imidazole rings is 1. The van der Waals surface area contributed by atoms with Crippen LogP contribution in [0.15, 0.2) is 43.0 Å². The summed E-state index contributed by atoms with van der Waals surface area (Å²) in [5.41, 5.74) is 1.11. The fourth-order valence-electron chi connectivity index (χ4n) is 1.81. The van der Waals surface area contributed by atoms with Crippen LogP contribution in [-0.2, 0) is 11.3 Å². The first-order valence-electron chi connectivity index (χ1n) is 6.50. The van der Waals surface area contributed by atoms with Gasteiger partial charge in [-0.15, -0.1) is 5.10 Å². The largest absolute Gasteiger partial charge is 0.484 e. The summed E-state index contributed by atoms with van der Waals surface area (Å²) in [7, 11) is 0. The van der Waals surface area contributed by atoms with Gasteiger partial charge < -0.3 is 9.30 Å². The zero-order chi connectivity index (χ0) is 15.2. The lowest BCUT2D eigenvalue weighted by Gasteiger charge is -2.07. The van der Waals surface area contributed by atoms with Crippen molar-refractivity contribution in [2.45, 2.75) is 6.54 Å². The summed E-state index contributed by atoms with van der Waals surface area (Å²) in [4.78, 5) is 15.6. The molecule has 0 bridgehead atoms. The molecule has 3 rings (SSSR count). The Bertz CT molecular complexity index is 707. The Balaban J connectivity index is 1.49. The standard InChI is InChI=1S/C13H13N7O2/c21-12(15-13-16-18-19-17-13)8-22-11-3-1-10(2-4-11)7-20-6-5-14-9-20/h1-6,9H,7-8H2,(H2,15,16,17,18,19,21). The van der Waals surface area contributed by atoms with Gasteiger partial charge in [-0.05, 0) is 22.9 Å². The number of aromatic amines is 1. The fraction of sp³-hybridized carbons (Fsp3) is 0.154. The molecule has 0 fully saturated rings. The molecule has 9 heteroatoms. The number of tetrazole rings is 1. The summed E-state index contributed by atoms with van der Waals surface area (Å²) in [6, 6.07) is 7.50. The third-order valence-electron chi connectivity index (χ3n) is 2.81. The van der Waals surface area contributed by atoms with Gasteiger partial charge in [0.05, 0.1) is 6.33 Å². The van der Waals surface area contributed by atoms with Gasteiger partial charge in [0, 0.05) is 18.9 Å². The lowest BCUT2D eigenvalue weighted by atomic mass is 10.2. The van der Waals surface area contributed by atoms with Crippen LogP contribution >= 0.6 is 0 Å². The van der Waals surface area contributed by atoms with Crippen LogP contribution in [0.1, 0.15) is 5.56 Å². The first-order valence-corrected chi connectivity index (χ1v) is 6.50. The topological polar surface area (TPSA) is 111 Å². The molecule has 0 atom stereocenters. The van der Waals surface area contributed by atoms with Gasteiger partial charge in [0.2, 0.25) is 0 Å². The molecule has 0 saturated heterocycles. The van der Waals surface area contributed by atoms with Crippen LogP contribution in [0.3, 0.4) is 0 Å². The van der Waals surface area contributed by atoms with E-state index in [1.807, 2.05) is 35.0 Å². The zero-order valence-electron chi connectivity index (χ0n) is 11.5. The van der Waals surface area contributed by atoms with Crippen LogP contribution in [0, 0.1) is 0 Å². The monoisotopic (exact) mass is 299 g/mol. The van der Waals surface area contributed by atoms with Crippen molar-refractivity contribution in [3.05, 3.63) is 48.5 Å². The normalized spacial score (nSPS) is 10.4. The highest BCUT2D eigenvalue weighted by molar-refractivity contribution is 5.90. The van der Waals surface area contributed by atoms with Gasteiger partial charge in [-0.1, -0.05) is 17.2 Å². The summed E-state index contributed by atoms with van der Waals surface area (Å²) in [5, 5.41) is 15.3. The van der Waals surface area contributed by atoms with Gasteiger partial charge in [-0.3, -0.25) is 10.1 Å². The molecule has 0 radical (unpaired) electrons. The average Bonchev–Trinajstić information content (AvgIpc) is 3.20. The Labute approximate surface area is 125 Å². The summed E-state index contributed by atoms with van der Waals surface area (Å²) < 4.78 is 7.36. The second-order valence-corrected chi connectivity index (χ2v) is 4.45. The average molecular weight is 299 g/mol. The predicted octanol–water partition coefficient (Wildman–Crippen LogP) is 0.462. The van der Waals surface area contributed by atoms with E-state index in [0.29, 0.717) is 5.75 Å². The maximum absolute atomic E-state index is 11.6. The molecule has 1 aromatic carbocycles. The van der Waals surface area contributed by atoms with Crippen molar-refractivity contribution >= 4 is 11.9 Å². The molecule has 2 N–H and O–H groups in total. The molecule has 0 unspecified atom stereocenters. The van der Waals surface area contributed by atoms with E-state index in [-0.39, 0.29) is 18.5 Å². The zero-order valence-corrected chi connectivity index (χ0v) is 11.5. The quantitative estimate of drug-likeness (QED) is 0.684. The number of benzene rings is 1. The van der Waals surface area contributed by atoms with Crippen LogP contribution in [0.25, 0.3) is 0 Å². The molecule has 0 spiro atoms. The minimum Gasteiger partial charge on any atom is -0.484 e. The van der Waals surface area contributed by atoms with Crippen molar-refractivity contribution in [3.63, 3.8) is 0 Å². The van der Waals surface area contributed by atoms with E-state index in [4.69, 9.17) is 4.74 Å². The Morgan fingerprint density at radius 2 is 2.18 bits per heavy atom. The molecule has 9 nitrogen and oxygen atoms in total. The lowest BCUT2D eigenvalue weighted by Crippen LogP contribution is -2.20. The first kappa shape index (κ1) is 13.7. The van der Waals surface area contributed by atoms with E-state index in [1.165, 1.54) is 0 Å². The minimum atomic E-state index is -0.358. The smallest absolute Gasteiger partial charge is 0.269 e. The molecule has 0 aliphatic rings. The van der Waals surface area contributed by atoms with Gasteiger partial charge in [-0.25, -0.2) is 4.98 Å². The molecule has 2 heterocycles. The highest BCUT2D eigenvalue weighted by atomic mass is 16.5. The second kappa shape index (κ2) is 6.48. The van der Waals surface area contributed by atoms with E-state index >= 15 is 0 Å². The number of carbonyl (C=O) groups is 1. The molecule has 112 valence electrons. The third kappa shape index (κ3) is 3.66. The number of amides is 1. The summed E-state index contributed by atoms with van der Waals surface area (Å²) in [5.74, 6) is 0.366. The number of carbonyl (C=O) groups excluding carboxylic acids is 1. The van der Waals surface area contributed by atoms with Crippen molar-refractivity contribution in [1.29, 1.82) is 0 Å².